The molecule has 0 aromatic heterocycles. The molecule has 1 heterocycles. The quantitative estimate of drug-likeness (QED) is 0.376. The maximum absolute atomic E-state index is 2.38. The summed E-state index contributed by atoms with van der Waals surface area (Å²) in [6.45, 7) is 2.61. The molecule has 0 aliphatic carbocycles. The fourth-order valence-corrected chi connectivity index (χ4v) is 1.16. The van der Waals surface area contributed by atoms with Crippen molar-refractivity contribution in [3.8, 4) is 0 Å². The van der Waals surface area contributed by atoms with E-state index in [1.807, 2.05) is 0 Å². The number of nitrogens with zero attached hydrogens (tertiary/aromatic N) is 1. The molecule has 0 saturated carbocycles. The maximum atomic E-state index is 2.38. The molecule has 1 fully saturated rings. The molecule has 1 rings (SSSR count). The number of hydrogen-bond acceptors (Lipinski definition) is 1. The van der Waals surface area contributed by atoms with E-state index in [9.17, 15) is 0 Å². The molecule has 0 aromatic rings. The molecule has 0 N–H and O–H groups in total. The fraction of sp³-hybridized carbons (Fsp3) is 1.00. The summed E-state index contributed by atoms with van der Waals surface area (Å²) in [5, 5.41) is 0. The molecule has 0 amide bonds. The molecular formula is C5H12BN. The summed E-state index contributed by atoms with van der Waals surface area (Å²) < 4.78 is 0. The molecular weight excluding hydrogens is 84.9 g/mol. The lowest BCUT2D eigenvalue weighted by Gasteiger charge is -2.03. The third kappa shape index (κ3) is 1.20. The highest BCUT2D eigenvalue weighted by molar-refractivity contribution is 6.11. The van der Waals surface area contributed by atoms with Crippen LogP contribution < -0.4 is 0 Å². The minimum Gasteiger partial charge on any atom is -0.307 e. The zero-order valence-corrected chi connectivity index (χ0v) is 5.15. The molecule has 2 heteroatoms. The van der Waals surface area contributed by atoms with Gasteiger partial charge in [0.05, 0.1) is 0 Å². The van der Waals surface area contributed by atoms with Crippen LogP contribution in [0.2, 0.25) is 5.82 Å². The van der Waals surface area contributed by atoms with Crippen LogP contribution in [0.3, 0.4) is 0 Å². The average molecular weight is 97.0 g/mol. The van der Waals surface area contributed by atoms with Crippen LogP contribution in [-0.2, 0) is 0 Å². The highest BCUT2D eigenvalue weighted by atomic mass is 15.1. The van der Waals surface area contributed by atoms with Crippen molar-refractivity contribution < 1.29 is 0 Å². The topological polar surface area (TPSA) is 3.24 Å². The lowest BCUT2D eigenvalue weighted by Crippen LogP contribution is -2.12. The standard InChI is InChI=1S/C5H12BN/c1-7-3-2-5(6)4-7/h5H,2-4,6H2,1H3. The minimum absolute atomic E-state index is 0.949. The Morgan fingerprint density at radius 2 is 2.43 bits per heavy atom. The van der Waals surface area contributed by atoms with E-state index in [0.29, 0.717) is 0 Å². The summed E-state index contributed by atoms with van der Waals surface area (Å²) in [4.78, 5) is 2.38. The predicted octanol–water partition coefficient (Wildman–Crippen LogP) is -0.257. The van der Waals surface area contributed by atoms with Gasteiger partial charge in [-0.3, -0.25) is 0 Å². The lowest BCUT2D eigenvalue weighted by molar-refractivity contribution is 0.418. The Morgan fingerprint density at radius 1 is 1.71 bits per heavy atom. The van der Waals surface area contributed by atoms with Crippen molar-refractivity contribution in [2.24, 2.45) is 0 Å². The Hall–Kier alpha value is 0.0249. The second-order valence-corrected chi connectivity index (χ2v) is 2.66. The number of rotatable bonds is 0. The van der Waals surface area contributed by atoms with Gasteiger partial charge in [0.2, 0.25) is 0 Å². The van der Waals surface area contributed by atoms with Gasteiger partial charge in [-0.1, -0.05) is 5.82 Å². The lowest BCUT2D eigenvalue weighted by atomic mass is 9.87. The van der Waals surface area contributed by atoms with Crippen LogP contribution >= 0.6 is 0 Å². The molecule has 1 saturated heterocycles. The summed E-state index contributed by atoms with van der Waals surface area (Å²) in [6.07, 6.45) is 1.40. The second-order valence-electron chi connectivity index (χ2n) is 2.66. The summed E-state index contributed by atoms with van der Waals surface area (Å²) in [5.74, 6) is 0.949. The zero-order valence-electron chi connectivity index (χ0n) is 5.15. The molecule has 0 bridgehead atoms. The summed E-state index contributed by atoms with van der Waals surface area (Å²) in [6, 6.07) is 0. The van der Waals surface area contributed by atoms with Gasteiger partial charge in [-0.05, 0) is 26.6 Å². The van der Waals surface area contributed by atoms with Crippen molar-refractivity contribution in [3.63, 3.8) is 0 Å². The van der Waals surface area contributed by atoms with Crippen LogP contribution in [0.25, 0.3) is 0 Å². The van der Waals surface area contributed by atoms with Crippen LogP contribution in [0.1, 0.15) is 6.42 Å². The van der Waals surface area contributed by atoms with Crippen molar-refractivity contribution in [2.45, 2.75) is 12.2 Å². The van der Waals surface area contributed by atoms with Crippen LogP contribution in [0.4, 0.5) is 0 Å². The average Bonchev–Trinajstić information content (AvgIpc) is 1.87. The van der Waals surface area contributed by atoms with Gasteiger partial charge in [-0.2, -0.15) is 0 Å². The van der Waals surface area contributed by atoms with Gasteiger partial charge in [0.25, 0.3) is 0 Å². The SMILES string of the molecule is BC1CCN(C)C1. The summed E-state index contributed by atoms with van der Waals surface area (Å²) in [7, 11) is 4.49. The molecule has 0 spiro atoms. The molecule has 0 aromatic carbocycles. The Kier molecular flexibility index (Phi) is 1.38. The largest absolute Gasteiger partial charge is 0.307 e. The Balaban J connectivity index is 2.26. The molecule has 1 aliphatic heterocycles. The highest BCUT2D eigenvalue weighted by Crippen LogP contribution is 2.14. The fourth-order valence-electron chi connectivity index (χ4n) is 1.16. The first kappa shape index (κ1) is 5.17. The molecule has 1 unspecified atom stereocenters. The van der Waals surface area contributed by atoms with Crippen molar-refractivity contribution in [1.29, 1.82) is 0 Å². The minimum atomic E-state index is 0.949. The van der Waals surface area contributed by atoms with Gasteiger partial charge in [-0.25, -0.2) is 0 Å². The predicted molar refractivity (Wildman–Crippen MR) is 34.4 cm³/mol. The summed E-state index contributed by atoms with van der Waals surface area (Å²) in [5.41, 5.74) is 0. The van der Waals surface area contributed by atoms with Crippen LogP contribution in [0.15, 0.2) is 0 Å². The van der Waals surface area contributed by atoms with Gasteiger partial charge >= 0.3 is 0 Å². The van der Waals surface area contributed by atoms with Crippen molar-refractivity contribution in [2.75, 3.05) is 20.1 Å². The molecule has 0 radical (unpaired) electrons. The molecule has 1 aliphatic rings. The van der Waals surface area contributed by atoms with Crippen molar-refractivity contribution in [1.82, 2.24) is 4.90 Å². The van der Waals surface area contributed by atoms with Gasteiger partial charge in [0.15, 0.2) is 0 Å². The molecule has 1 nitrogen and oxygen atoms in total. The Labute approximate surface area is 46.1 Å². The smallest absolute Gasteiger partial charge is 0.107 e. The van der Waals surface area contributed by atoms with E-state index in [4.69, 9.17) is 0 Å². The third-order valence-corrected chi connectivity index (χ3v) is 1.63. The second kappa shape index (κ2) is 1.87. The first-order valence-corrected chi connectivity index (χ1v) is 2.97. The van der Waals surface area contributed by atoms with Gasteiger partial charge in [-0.15, -0.1) is 0 Å². The van der Waals surface area contributed by atoms with E-state index >= 15 is 0 Å². The zero-order chi connectivity index (χ0) is 5.28. The first-order valence-electron chi connectivity index (χ1n) is 2.97. The van der Waals surface area contributed by atoms with E-state index in [0.717, 1.165) is 5.82 Å². The van der Waals surface area contributed by atoms with Crippen LogP contribution in [-0.4, -0.2) is 32.9 Å². The van der Waals surface area contributed by atoms with Crippen molar-refractivity contribution in [3.05, 3.63) is 0 Å². The Morgan fingerprint density at radius 3 is 2.57 bits per heavy atom. The van der Waals surface area contributed by atoms with Gasteiger partial charge < -0.3 is 4.90 Å². The van der Waals surface area contributed by atoms with Crippen molar-refractivity contribution >= 4 is 7.85 Å². The highest BCUT2D eigenvalue weighted by Gasteiger charge is 2.13. The number of likely N-dealkylation sites (tertiary alicyclic amines) is 1. The molecule has 7 heavy (non-hydrogen) atoms. The van der Waals surface area contributed by atoms with Gasteiger partial charge in [0.1, 0.15) is 7.85 Å². The first-order chi connectivity index (χ1) is 3.29. The maximum Gasteiger partial charge on any atom is 0.107 e. The van der Waals surface area contributed by atoms with E-state index in [1.165, 1.54) is 19.5 Å². The van der Waals surface area contributed by atoms with E-state index < -0.39 is 0 Å². The normalized spacial score (nSPS) is 34.1. The van der Waals surface area contributed by atoms with Crippen LogP contribution in [0.5, 0.6) is 0 Å². The van der Waals surface area contributed by atoms with E-state index in [-0.39, 0.29) is 0 Å². The molecule has 1 atom stereocenters. The summed E-state index contributed by atoms with van der Waals surface area (Å²) >= 11 is 0. The van der Waals surface area contributed by atoms with Gasteiger partial charge in [0, 0.05) is 0 Å². The molecule has 40 valence electrons. The van der Waals surface area contributed by atoms with Crippen LogP contribution in [0, 0.1) is 0 Å². The monoisotopic (exact) mass is 97.1 g/mol. The van der Waals surface area contributed by atoms with E-state index in [2.05, 4.69) is 19.8 Å². The van der Waals surface area contributed by atoms with E-state index in [1.54, 1.807) is 0 Å². The third-order valence-electron chi connectivity index (χ3n) is 1.63. The number of hydrogen-bond donors (Lipinski definition) is 0. The Bertz CT molecular complexity index is 57.1.